The van der Waals surface area contributed by atoms with Crippen molar-refractivity contribution in [3.63, 3.8) is 0 Å². The topological polar surface area (TPSA) is 29.5 Å². The van der Waals surface area contributed by atoms with Crippen LogP contribution >= 0.6 is 0 Å². The van der Waals surface area contributed by atoms with Crippen LogP contribution in [0.5, 0.6) is 0 Å². The molecule has 0 aromatic rings. The number of hydrogen-bond acceptors (Lipinski definition) is 2. The molecule has 0 bridgehead atoms. The van der Waals surface area contributed by atoms with E-state index in [1.165, 1.54) is 0 Å². The zero-order chi connectivity index (χ0) is 9.41. The highest BCUT2D eigenvalue weighted by Crippen LogP contribution is 2.41. The first kappa shape index (κ1) is 10.0. The zero-order valence-electron chi connectivity index (χ0n) is 8.55. The van der Waals surface area contributed by atoms with Gasteiger partial charge in [-0.15, -0.1) is 0 Å². The van der Waals surface area contributed by atoms with Crippen LogP contribution in [0.2, 0.25) is 0 Å². The molecule has 0 unspecified atom stereocenters. The first-order valence-corrected chi connectivity index (χ1v) is 4.84. The average Bonchev–Trinajstić information content (AvgIpc) is 2.25. The normalized spacial score (nSPS) is 48.2. The Hall–Kier alpha value is -0.0800. The molecule has 0 spiro atoms. The largest absolute Gasteiger partial charge is 0.390 e. The van der Waals surface area contributed by atoms with Gasteiger partial charge in [-0.25, -0.2) is 0 Å². The molecule has 0 aliphatic carbocycles. The summed E-state index contributed by atoms with van der Waals surface area (Å²) in [6.07, 6.45) is 2.32. The Labute approximate surface area is 74.9 Å². The smallest absolute Gasteiger partial charge is 0.0918 e. The summed E-state index contributed by atoms with van der Waals surface area (Å²) in [6, 6.07) is 0. The van der Waals surface area contributed by atoms with Gasteiger partial charge in [-0.3, -0.25) is 0 Å². The molecule has 0 saturated carbocycles. The van der Waals surface area contributed by atoms with Crippen molar-refractivity contribution in [2.24, 2.45) is 0 Å². The van der Waals surface area contributed by atoms with Crippen LogP contribution in [-0.4, -0.2) is 22.4 Å². The summed E-state index contributed by atoms with van der Waals surface area (Å²) in [7, 11) is 0. The van der Waals surface area contributed by atoms with Crippen LogP contribution in [0.3, 0.4) is 0 Å². The molecule has 72 valence electrons. The lowest BCUT2D eigenvalue weighted by molar-refractivity contribution is -0.110. The van der Waals surface area contributed by atoms with E-state index in [1.54, 1.807) is 0 Å². The Morgan fingerprint density at radius 3 is 2.17 bits per heavy atom. The summed E-state index contributed by atoms with van der Waals surface area (Å²) in [5.74, 6) is 0. The summed E-state index contributed by atoms with van der Waals surface area (Å²) < 4.78 is 5.90. The molecule has 2 heteroatoms. The fourth-order valence-corrected chi connectivity index (χ4v) is 1.82. The van der Waals surface area contributed by atoms with E-state index < -0.39 is 0 Å². The molecule has 0 aromatic carbocycles. The van der Waals surface area contributed by atoms with Crippen molar-refractivity contribution in [1.82, 2.24) is 0 Å². The summed E-state index contributed by atoms with van der Waals surface area (Å²) in [5, 5.41) is 9.79. The molecule has 0 radical (unpaired) electrons. The molecule has 1 rings (SSSR count). The second-order valence-electron chi connectivity index (χ2n) is 4.29. The van der Waals surface area contributed by atoms with Gasteiger partial charge in [0.05, 0.1) is 17.3 Å². The second kappa shape index (κ2) is 3.00. The average molecular weight is 172 g/mol. The molecule has 1 heterocycles. The van der Waals surface area contributed by atoms with Gasteiger partial charge in [0.25, 0.3) is 0 Å². The maximum atomic E-state index is 9.79. The van der Waals surface area contributed by atoms with Crippen molar-refractivity contribution in [3.05, 3.63) is 0 Å². The van der Waals surface area contributed by atoms with Crippen LogP contribution in [0.1, 0.15) is 47.0 Å². The molecule has 1 aliphatic heterocycles. The summed E-state index contributed by atoms with van der Waals surface area (Å²) in [4.78, 5) is 0. The van der Waals surface area contributed by atoms with Crippen LogP contribution in [0.15, 0.2) is 0 Å². The first-order chi connectivity index (χ1) is 5.46. The van der Waals surface area contributed by atoms with Gasteiger partial charge in [0.2, 0.25) is 0 Å². The minimum Gasteiger partial charge on any atom is -0.390 e. The SMILES string of the molecule is CC[C@]1(C)C[C@H](O)[C@@](C)(CC)O1. The lowest BCUT2D eigenvalue weighted by Gasteiger charge is -2.29. The number of ether oxygens (including phenoxy) is 1. The molecule has 0 aromatic heterocycles. The van der Waals surface area contributed by atoms with Crippen molar-refractivity contribution in [1.29, 1.82) is 0 Å². The maximum absolute atomic E-state index is 9.79. The van der Waals surface area contributed by atoms with Gasteiger partial charge in [0, 0.05) is 6.42 Å². The highest BCUT2D eigenvalue weighted by molar-refractivity contribution is 4.97. The third-order valence-corrected chi connectivity index (χ3v) is 3.26. The lowest BCUT2D eigenvalue weighted by Crippen LogP contribution is -2.35. The van der Waals surface area contributed by atoms with E-state index in [-0.39, 0.29) is 17.3 Å². The van der Waals surface area contributed by atoms with Crippen molar-refractivity contribution in [2.75, 3.05) is 0 Å². The highest BCUT2D eigenvalue weighted by Gasteiger charge is 2.48. The molecule has 1 fully saturated rings. The first-order valence-electron chi connectivity index (χ1n) is 4.84. The van der Waals surface area contributed by atoms with Crippen LogP contribution in [0, 0.1) is 0 Å². The number of aliphatic hydroxyl groups is 1. The molecule has 12 heavy (non-hydrogen) atoms. The summed E-state index contributed by atoms with van der Waals surface area (Å²) in [6.45, 7) is 8.24. The van der Waals surface area contributed by atoms with E-state index in [0.29, 0.717) is 0 Å². The molecular formula is C10H20O2. The zero-order valence-corrected chi connectivity index (χ0v) is 8.55. The van der Waals surface area contributed by atoms with Gasteiger partial charge in [-0.1, -0.05) is 13.8 Å². The second-order valence-corrected chi connectivity index (χ2v) is 4.29. The van der Waals surface area contributed by atoms with Crippen molar-refractivity contribution in [2.45, 2.75) is 64.3 Å². The minimum absolute atomic E-state index is 0.107. The molecule has 1 N–H and O–H groups in total. The molecule has 3 atom stereocenters. The Morgan fingerprint density at radius 2 is 1.92 bits per heavy atom. The molecular weight excluding hydrogens is 152 g/mol. The number of rotatable bonds is 2. The Bertz CT molecular complexity index is 169. The third-order valence-electron chi connectivity index (χ3n) is 3.26. The predicted octanol–water partition coefficient (Wildman–Crippen LogP) is 2.10. The number of hydrogen-bond donors (Lipinski definition) is 1. The van der Waals surface area contributed by atoms with Crippen molar-refractivity contribution in [3.8, 4) is 0 Å². The van der Waals surface area contributed by atoms with E-state index in [1.807, 2.05) is 6.92 Å². The highest BCUT2D eigenvalue weighted by atomic mass is 16.5. The van der Waals surface area contributed by atoms with Crippen LogP contribution in [0.4, 0.5) is 0 Å². The Balaban J connectivity index is 2.74. The minimum atomic E-state index is -0.315. The van der Waals surface area contributed by atoms with Crippen LogP contribution in [-0.2, 0) is 4.74 Å². The van der Waals surface area contributed by atoms with Gasteiger partial charge >= 0.3 is 0 Å². The van der Waals surface area contributed by atoms with Gasteiger partial charge < -0.3 is 9.84 Å². The lowest BCUT2D eigenvalue weighted by atomic mass is 9.92. The standard InChI is InChI=1S/C10H20O2/c1-5-9(3)7-8(11)10(4,6-2)12-9/h8,11H,5-7H2,1-4H3/t8-,9+,10+/m0/s1. The Morgan fingerprint density at radius 1 is 1.33 bits per heavy atom. The fourth-order valence-electron chi connectivity index (χ4n) is 1.82. The van der Waals surface area contributed by atoms with Gasteiger partial charge in [-0.2, -0.15) is 0 Å². The van der Waals surface area contributed by atoms with Crippen LogP contribution in [0.25, 0.3) is 0 Å². The van der Waals surface area contributed by atoms with Crippen molar-refractivity contribution >= 4 is 0 Å². The molecule has 1 saturated heterocycles. The van der Waals surface area contributed by atoms with Gasteiger partial charge in [0.1, 0.15) is 0 Å². The van der Waals surface area contributed by atoms with E-state index in [2.05, 4.69) is 20.8 Å². The number of aliphatic hydroxyl groups excluding tert-OH is 1. The van der Waals surface area contributed by atoms with E-state index in [0.717, 1.165) is 19.3 Å². The molecule has 2 nitrogen and oxygen atoms in total. The van der Waals surface area contributed by atoms with Gasteiger partial charge in [0.15, 0.2) is 0 Å². The predicted molar refractivity (Wildman–Crippen MR) is 49.1 cm³/mol. The fraction of sp³-hybridized carbons (Fsp3) is 1.00. The quantitative estimate of drug-likeness (QED) is 0.691. The van der Waals surface area contributed by atoms with E-state index >= 15 is 0 Å². The van der Waals surface area contributed by atoms with E-state index in [9.17, 15) is 5.11 Å². The molecule has 0 amide bonds. The van der Waals surface area contributed by atoms with E-state index in [4.69, 9.17) is 4.74 Å². The van der Waals surface area contributed by atoms with Gasteiger partial charge in [-0.05, 0) is 26.7 Å². The molecule has 1 aliphatic rings. The Kier molecular flexibility index (Phi) is 2.50. The monoisotopic (exact) mass is 172 g/mol. The third kappa shape index (κ3) is 1.50. The summed E-state index contributed by atoms with van der Waals surface area (Å²) >= 11 is 0. The van der Waals surface area contributed by atoms with Crippen LogP contribution < -0.4 is 0 Å². The maximum Gasteiger partial charge on any atom is 0.0918 e. The summed E-state index contributed by atoms with van der Waals surface area (Å²) in [5.41, 5.74) is -0.422. The van der Waals surface area contributed by atoms with Crippen molar-refractivity contribution < 1.29 is 9.84 Å².